The number of nitrogens with zero attached hydrogens (tertiary/aromatic N) is 1. The number of hydrogen-bond donors (Lipinski definition) is 0. The molecule has 1 fully saturated rings. The van der Waals surface area contributed by atoms with E-state index in [0.717, 1.165) is 13.1 Å². The Hall–Kier alpha value is -0.570. The van der Waals surface area contributed by atoms with Crippen LogP contribution < -0.4 is 0 Å². The van der Waals surface area contributed by atoms with E-state index >= 15 is 0 Å². The molecule has 0 amide bonds. The molecule has 3 heteroatoms. The predicted molar refractivity (Wildman–Crippen MR) is 51.5 cm³/mol. The standard InChI is InChI=1S/C10H19NO2/c1-3-13-10(12)6-8-11-7-4-5-9(11)2/h9H,3-8H2,1-2H3/t9-/m1/s1. The van der Waals surface area contributed by atoms with Crippen LogP contribution in [0.2, 0.25) is 0 Å². The minimum absolute atomic E-state index is 0.0680. The van der Waals surface area contributed by atoms with E-state index in [-0.39, 0.29) is 5.97 Å². The van der Waals surface area contributed by atoms with Gasteiger partial charge in [-0.2, -0.15) is 0 Å². The van der Waals surface area contributed by atoms with Crippen molar-refractivity contribution in [3.63, 3.8) is 0 Å². The molecule has 76 valence electrons. The van der Waals surface area contributed by atoms with Crippen LogP contribution in [-0.2, 0) is 9.53 Å². The summed E-state index contributed by atoms with van der Waals surface area (Å²) in [4.78, 5) is 13.4. The molecule has 0 aromatic heterocycles. The van der Waals surface area contributed by atoms with Crippen molar-refractivity contribution in [2.75, 3.05) is 19.7 Å². The molecule has 0 aliphatic carbocycles. The first-order valence-electron chi connectivity index (χ1n) is 5.13. The van der Waals surface area contributed by atoms with Gasteiger partial charge in [0, 0.05) is 12.6 Å². The summed E-state index contributed by atoms with van der Waals surface area (Å²) in [7, 11) is 0. The van der Waals surface area contributed by atoms with Crippen molar-refractivity contribution in [2.45, 2.75) is 39.2 Å². The van der Waals surface area contributed by atoms with Gasteiger partial charge in [0.2, 0.25) is 0 Å². The number of carbonyl (C=O) groups excluding carboxylic acids is 1. The van der Waals surface area contributed by atoms with Crippen molar-refractivity contribution in [1.29, 1.82) is 0 Å². The van der Waals surface area contributed by atoms with E-state index in [0.29, 0.717) is 19.1 Å². The lowest BCUT2D eigenvalue weighted by Crippen LogP contribution is -2.29. The van der Waals surface area contributed by atoms with Gasteiger partial charge in [0.1, 0.15) is 0 Å². The molecule has 1 heterocycles. The summed E-state index contributed by atoms with van der Waals surface area (Å²) in [5.41, 5.74) is 0. The van der Waals surface area contributed by atoms with Gasteiger partial charge in [-0.25, -0.2) is 0 Å². The number of carbonyl (C=O) groups is 1. The predicted octanol–water partition coefficient (Wildman–Crippen LogP) is 1.42. The van der Waals surface area contributed by atoms with Gasteiger partial charge < -0.3 is 9.64 Å². The number of ether oxygens (including phenoxy) is 1. The van der Waals surface area contributed by atoms with Gasteiger partial charge in [0.15, 0.2) is 0 Å². The molecule has 1 aliphatic heterocycles. The monoisotopic (exact) mass is 185 g/mol. The number of esters is 1. The topological polar surface area (TPSA) is 29.5 Å². The third kappa shape index (κ3) is 3.35. The summed E-state index contributed by atoms with van der Waals surface area (Å²) in [6.45, 7) is 6.56. The Labute approximate surface area is 80.1 Å². The zero-order valence-electron chi connectivity index (χ0n) is 8.58. The number of hydrogen-bond acceptors (Lipinski definition) is 3. The van der Waals surface area contributed by atoms with Crippen LogP contribution in [0, 0.1) is 0 Å². The SMILES string of the molecule is CCOC(=O)CCN1CCC[C@H]1C. The van der Waals surface area contributed by atoms with E-state index in [1.165, 1.54) is 12.8 Å². The van der Waals surface area contributed by atoms with Gasteiger partial charge in [-0.05, 0) is 33.2 Å². The van der Waals surface area contributed by atoms with Crippen molar-refractivity contribution >= 4 is 5.97 Å². The maximum absolute atomic E-state index is 11.1. The smallest absolute Gasteiger partial charge is 0.307 e. The molecule has 0 N–H and O–H groups in total. The molecule has 0 aromatic carbocycles. The summed E-state index contributed by atoms with van der Waals surface area (Å²) < 4.78 is 4.87. The van der Waals surface area contributed by atoms with Crippen LogP contribution in [0.25, 0.3) is 0 Å². The highest BCUT2D eigenvalue weighted by molar-refractivity contribution is 5.69. The number of rotatable bonds is 4. The van der Waals surface area contributed by atoms with Gasteiger partial charge in [0.25, 0.3) is 0 Å². The molecule has 0 spiro atoms. The van der Waals surface area contributed by atoms with E-state index in [2.05, 4.69) is 11.8 Å². The second-order valence-electron chi connectivity index (χ2n) is 3.58. The normalized spacial score (nSPS) is 23.4. The van der Waals surface area contributed by atoms with Crippen LogP contribution in [0.3, 0.4) is 0 Å². The highest BCUT2D eigenvalue weighted by Crippen LogP contribution is 2.16. The van der Waals surface area contributed by atoms with Crippen molar-refractivity contribution < 1.29 is 9.53 Å². The van der Waals surface area contributed by atoms with Crippen molar-refractivity contribution in [2.24, 2.45) is 0 Å². The van der Waals surface area contributed by atoms with Gasteiger partial charge >= 0.3 is 5.97 Å². The Morgan fingerprint density at radius 1 is 1.62 bits per heavy atom. The van der Waals surface area contributed by atoms with E-state index in [9.17, 15) is 4.79 Å². The lowest BCUT2D eigenvalue weighted by molar-refractivity contribution is -0.143. The molecule has 0 aromatic rings. The van der Waals surface area contributed by atoms with Gasteiger partial charge in [-0.15, -0.1) is 0 Å². The summed E-state index contributed by atoms with van der Waals surface area (Å²) in [5, 5.41) is 0. The largest absolute Gasteiger partial charge is 0.466 e. The Kier molecular flexibility index (Phi) is 4.22. The highest BCUT2D eigenvalue weighted by Gasteiger charge is 2.20. The van der Waals surface area contributed by atoms with Crippen molar-refractivity contribution in [1.82, 2.24) is 4.90 Å². The molecule has 1 aliphatic rings. The minimum Gasteiger partial charge on any atom is -0.466 e. The summed E-state index contributed by atoms with van der Waals surface area (Å²) in [5.74, 6) is -0.0680. The molecular weight excluding hydrogens is 166 g/mol. The van der Waals surface area contributed by atoms with E-state index in [1.807, 2.05) is 6.92 Å². The van der Waals surface area contributed by atoms with Gasteiger partial charge in [-0.3, -0.25) is 4.79 Å². The van der Waals surface area contributed by atoms with E-state index < -0.39 is 0 Å². The molecule has 1 saturated heterocycles. The maximum Gasteiger partial charge on any atom is 0.307 e. The second-order valence-corrected chi connectivity index (χ2v) is 3.58. The third-order valence-electron chi connectivity index (χ3n) is 2.60. The second kappa shape index (κ2) is 5.22. The Bertz CT molecular complexity index is 170. The van der Waals surface area contributed by atoms with Crippen LogP contribution in [0.15, 0.2) is 0 Å². The van der Waals surface area contributed by atoms with E-state index in [4.69, 9.17) is 4.74 Å². The molecule has 1 atom stereocenters. The van der Waals surface area contributed by atoms with Crippen molar-refractivity contribution in [3.05, 3.63) is 0 Å². The molecule has 0 saturated carbocycles. The summed E-state index contributed by atoms with van der Waals surface area (Å²) >= 11 is 0. The highest BCUT2D eigenvalue weighted by atomic mass is 16.5. The first-order valence-corrected chi connectivity index (χ1v) is 5.13. The zero-order valence-corrected chi connectivity index (χ0v) is 8.58. The lowest BCUT2D eigenvalue weighted by atomic mass is 10.2. The van der Waals surface area contributed by atoms with Crippen LogP contribution in [0.4, 0.5) is 0 Å². The molecular formula is C10H19NO2. The average molecular weight is 185 g/mol. The van der Waals surface area contributed by atoms with E-state index in [1.54, 1.807) is 0 Å². The lowest BCUT2D eigenvalue weighted by Gasteiger charge is -2.19. The van der Waals surface area contributed by atoms with Gasteiger partial charge in [0.05, 0.1) is 13.0 Å². The number of likely N-dealkylation sites (tertiary alicyclic amines) is 1. The third-order valence-corrected chi connectivity index (χ3v) is 2.60. The van der Waals surface area contributed by atoms with Gasteiger partial charge in [-0.1, -0.05) is 0 Å². The maximum atomic E-state index is 11.1. The molecule has 0 radical (unpaired) electrons. The molecule has 1 rings (SSSR count). The van der Waals surface area contributed by atoms with Crippen LogP contribution in [0.5, 0.6) is 0 Å². The Balaban J connectivity index is 2.14. The first-order chi connectivity index (χ1) is 6.24. The average Bonchev–Trinajstić information content (AvgIpc) is 2.48. The van der Waals surface area contributed by atoms with Crippen LogP contribution in [0.1, 0.15) is 33.1 Å². The fraction of sp³-hybridized carbons (Fsp3) is 0.900. The Morgan fingerprint density at radius 3 is 2.92 bits per heavy atom. The fourth-order valence-electron chi connectivity index (χ4n) is 1.79. The quantitative estimate of drug-likeness (QED) is 0.620. The molecule has 3 nitrogen and oxygen atoms in total. The van der Waals surface area contributed by atoms with Crippen LogP contribution >= 0.6 is 0 Å². The van der Waals surface area contributed by atoms with Crippen molar-refractivity contribution in [3.8, 4) is 0 Å². The van der Waals surface area contributed by atoms with Crippen LogP contribution in [-0.4, -0.2) is 36.6 Å². The Morgan fingerprint density at radius 2 is 2.38 bits per heavy atom. The fourth-order valence-corrected chi connectivity index (χ4v) is 1.79. The summed E-state index contributed by atoms with van der Waals surface area (Å²) in [6.07, 6.45) is 3.07. The molecule has 0 bridgehead atoms. The zero-order chi connectivity index (χ0) is 9.68. The molecule has 13 heavy (non-hydrogen) atoms. The molecule has 0 unspecified atom stereocenters. The summed E-state index contributed by atoms with van der Waals surface area (Å²) in [6, 6.07) is 0.648. The minimum atomic E-state index is -0.0680. The first kappa shape index (κ1) is 10.5.